The van der Waals surface area contributed by atoms with Gasteiger partial charge >= 0.3 is 0 Å². The Kier molecular flexibility index (Phi) is 4.43. The topological polar surface area (TPSA) is 75.4 Å². The molecule has 2 heterocycles. The third-order valence-corrected chi connectivity index (χ3v) is 4.63. The lowest BCUT2D eigenvalue weighted by Gasteiger charge is -2.33. The van der Waals surface area contributed by atoms with E-state index < -0.39 is 0 Å². The summed E-state index contributed by atoms with van der Waals surface area (Å²) in [4.78, 5) is 26.1. The number of benzene rings is 1. The standard InChI is InChI=1S/C17H23N3O2/c18-8-7-12-2-1-9-20(11-12)17(22)14-3-5-15-13(10-14)4-6-16(21)19-15/h3,5,10,12H,1-2,4,6-9,11,18H2,(H,19,21). The number of hydrogen-bond donors (Lipinski definition) is 2. The Morgan fingerprint density at radius 3 is 3.05 bits per heavy atom. The van der Waals surface area contributed by atoms with Crippen LogP contribution in [0.4, 0.5) is 5.69 Å². The van der Waals surface area contributed by atoms with E-state index in [2.05, 4.69) is 5.32 Å². The van der Waals surface area contributed by atoms with Crippen LogP contribution in [0.1, 0.15) is 41.6 Å². The summed E-state index contributed by atoms with van der Waals surface area (Å²) in [5.41, 5.74) is 8.26. The quantitative estimate of drug-likeness (QED) is 0.893. The van der Waals surface area contributed by atoms with E-state index in [1.54, 1.807) is 0 Å². The molecule has 5 heteroatoms. The maximum atomic E-state index is 12.7. The first-order chi connectivity index (χ1) is 10.7. The summed E-state index contributed by atoms with van der Waals surface area (Å²) >= 11 is 0. The molecule has 118 valence electrons. The van der Waals surface area contributed by atoms with Crippen LogP contribution in [-0.2, 0) is 11.2 Å². The van der Waals surface area contributed by atoms with Crippen LogP contribution in [0.25, 0.3) is 0 Å². The maximum absolute atomic E-state index is 12.7. The van der Waals surface area contributed by atoms with Crippen molar-refractivity contribution < 1.29 is 9.59 Å². The molecule has 2 aliphatic heterocycles. The van der Waals surface area contributed by atoms with Crippen molar-refractivity contribution in [3.63, 3.8) is 0 Å². The second kappa shape index (κ2) is 6.48. The van der Waals surface area contributed by atoms with Gasteiger partial charge in [0, 0.05) is 30.8 Å². The third-order valence-electron chi connectivity index (χ3n) is 4.63. The second-order valence-electron chi connectivity index (χ2n) is 6.26. The lowest BCUT2D eigenvalue weighted by atomic mass is 9.94. The summed E-state index contributed by atoms with van der Waals surface area (Å²) in [5, 5.41) is 2.85. The van der Waals surface area contributed by atoms with Crippen LogP contribution in [0.2, 0.25) is 0 Å². The molecule has 5 nitrogen and oxygen atoms in total. The monoisotopic (exact) mass is 301 g/mol. The van der Waals surface area contributed by atoms with Gasteiger partial charge in [-0.25, -0.2) is 0 Å². The molecule has 3 N–H and O–H groups in total. The van der Waals surface area contributed by atoms with Crippen molar-refractivity contribution in [2.45, 2.75) is 32.1 Å². The molecule has 1 aromatic carbocycles. The summed E-state index contributed by atoms with van der Waals surface area (Å²) in [6, 6.07) is 5.60. The van der Waals surface area contributed by atoms with Gasteiger partial charge in [0.25, 0.3) is 5.91 Å². The number of nitrogens with two attached hydrogens (primary N) is 1. The molecule has 0 aromatic heterocycles. The molecule has 0 aliphatic carbocycles. The fourth-order valence-electron chi connectivity index (χ4n) is 3.42. The van der Waals surface area contributed by atoms with Crippen molar-refractivity contribution in [2.75, 3.05) is 25.0 Å². The van der Waals surface area contributed by atoms with Crippen molar-refractivity contribution in [3.05, 3.63) is 29.3 Å². The van der Waals surface area contributed by atoms with Crippen LogP contribution in [0, 0.1) is 5.92 Å². The molecule has 2 amide bonds. The minimum Gasteiger partial charge on any atom is -0.338 e. The van der Waals surface area contributed by atoms with Gasteiger partial charge in [-0.05, 0) is 61.9 Å². The minimum absolute atomic E-state index is 0.0484. The summed E-state index contributed by atoms with van der Waals surface area (Å²) < 4.78 is 0. The Morgan fingerprint density at radius 1 is 1.36 bits per heavy atom. The van der Waals surface area contributed by atoms with Gasteiger partial charge in [-0.3, -0.25) is 9.59 Å². The average Bonchev–Trinajstić information content (AvgIpc) is 2.54. The lowest BCUT2D eigenvalue weighted by molar-refractivity contribution is -0.116. The van der Waals surface area contributed by atoms with E-state index >= 15 is 0 Å². The molecule has 22 heavy (non-hydrogen) atoms. The highest BCUT2D eigenvalue weighted by molar-refractivity contribution is 5.98. The van der Waals surface area contributed by atoms with Crippen LogP contribution in [0.3, 0.4) is 0 Å². The molecule has 1 unspecified atom stereocenters. The fourth-order valence-corrected chi connectivity index (χ4v) is 3.42. The van der Waals surface area contributed by atoms with E-state index in [-0.39, 0.29) is 11.8 Å². The highest BCUT2D eigenvalue weighted by Crippen LogP contribution is 2.26. The molecule has 0 bridgehead atoms. The van der Waals surface area contributed by atoms with Crippen molar-refractivity contribution in [2.24, 2.45) is 11.7 Å². The molecular formula is C17H23N3O2. The number of likely N-dealkylation sites (tertiary alicyclic amines) is 1. The predicted molar refractivity (Wildman–Crippen MR) is 85.7 cm³/mol. The zero-order valence-electron chi connectivity index (χ0n) is 12.8. The first-order valence-corrected chi connectivity index (χ1v) is 8.09. The molecular weight excluding hydrogens is 278 g/mol. The third kappa shape index (κ3) is 3.14. The van der Waals surface area contributed by atoms with E-state index in [4.69, 9.17) is 5.73 Å². The summed E-state index contributed by atoms with van der Waals surface area (Å²) in [7, 11) is 0. The first kappa shape index (κ1) is 15.0. The van der Waals surface area contributed by atoms with Crippen LogP contribution >= 0.6 is 0 Å². The van der Waals surface area contributed by atoms with Crippen molar-refractivity contribution in [1.29, 1.82) is 0 Å². The fraction of sp³-hybridized carbons (Fsp3) is 0.529. The van der Waals surface area contributed by atoms with Gasteiger partial charge in [0.2, 0.25) is 5.91 Å². The molecule has 0 saturated carbocycles. The van der Waals surface area contributed by atoms with Gasteiger partial charge in [0.1, 0.15) is 0 Å². The van der Waals surface area contributed by atoms with Gasteiger partial charge < -0.3 is 16.0 Å². The number of fused-ring (bicyclic) bond motifs is 1. The number of nitrogens with one attached hydrogen (secondary N) is 1. The maximum Gasteiger partial charge on any atom is 0.253 e. The second-order valence-corrected chi connectivity index (χ2v) is 6.26. The number of hydrogen-bond acceptors (Lipinski definition) is 3. The SMILES string of the molecule is NCCC1CCCN(C(=O)c2ccc3c(c2)CCC(=O)N3)C1. The van der Waals surface area contributed by atoms with E-state index in [9.17, 15) is 9.59 Å². The van der Waals surface area contributed by atoms with Crippen LogP contribution in [0.15, 0.2) is 18.2 Å². The molecule has 2 aliphatic rings. The number of nitrogens with zero attached hydrogens (tertiary/aromatic N) is 1. The van der Waals surface area contributed by atoms with E-state index in [0.717, 1.165) is 49.2 Å². The molecule has 1 aromatic rings. The van der Waals surface area contributed by atoms with Gasteiger partial charge in [-0.2, -0.15) is 0 Å². The molecule has 0 spiro atoms. The van der Waals surface area contributed by atoms with Gasteiger partial charge in [0.15, 0.2) is 0 Å². The zero-order chi connectivity index (χ0) is 15.5. The van der Waals surface area contributed by atoms with Crippen LogP contribution in [0.5, 0.6) is 0 Å². The van der Waals surface area contributed by atoms with Crippen LogP contribution in [-0.4, -0.2) is 36.3 Å². The summed E-state index contributed by atoms with van der Waals surface area (Å²) in [6.45, 7) is 2.32. The number of rotatable bonds is 3. The highest BCUT2D eigenvalue weighted by Gasteiger charge is 2.25. The number of aryl methyl sites for hydroxylation is 1. The molecule has 1 fully saturated rings. The first-order valence-electron chi connectivity index (χ1n) is 8.09. The molecule has 0 radical (unpaired) electrons. The highest BCUT2D eigenvalue weighted by atomic mass is 16.2. The van der Waals surface area contributed by atoms with Gasteiger partial charge in [-0.15, -0.1) is 0 Å². The molecule has 1 saturated heterocycles. The minimum atomic E-state index is 0.0484. The van der Waals surface area contributed by atoms with E-state index in [0.29, 0.717) is 25.3 Å². The lowest BCUT2D eigenvalue weighted by Crippen LogP contribution is -2.40. The number of amides is 2. The molecule has 3 rings (SSSR count). The van der Waals surface area contributed by atoms with E-state index in [1.165, 1.54) is 0 Å². The number of piperidine rings is 1. The Balaban J connectivity index is 1.73. The predicted octanol–water partition coefficient (Wildman–Crippen LogP) is 1.77. The summed E-state index contributed by atoms with van der Waals surface area (Å²) in [6.07, 6.45) is 4.40. The Morgan fingerprint density at radius 2 is 2.23 bits per heavy atom. The van der Waals surface area contributed by atoms with E-state index in [1.807, 2.05) is 23.1 Å². The number of anilines is 1. The Hall–Kier alpha value is -1.88. The Labute approximate surface area is 130 Å². The number of carbonyl (C=O) groups is 2. The Bertz CT molecular complexity index is 583. The van der Waals surface area contributed by atoms with Crippen LogP contribution < -0.4 is 11.1 Å². The van der Waals surface area contributed by atoms with Crippen molar-refractivity contribution >= 4 is 17.5 Å². The number of carbonyl (C=O) groups excluding carboxylic acids is 2. The summed E-state index contributed by atoms with van der Waals surface area (Å²) in [5.74, 6) is 0.674. The average molecular weight is 301 g/mol. The normalized spacial score (nSPS) is 21.2. The molecule has 1 atom stereocenters. The van der Waals surface area contributed by atoms with Crippen molar-refractivity contribution in [1.82, 2.24) is 4.90 Å². The van der Waals surface area contributed by atoms with Gasteiger partial charge in [-0.1, -0.05) is 0 Å². The van der Waals surface area contributed by atoms with Gasteiger partial charge in [0.05, 0.1) is 0 Å². The smallest absolute Gasteiger partial charge is 0.253 e. The largest absolute Gasteiger partial charge is 0.338 e. The van der Waals surface area contributed by atoms with Crippen molar-refractivity contribution in [3.8, 4) is 0 Å². The zero-order valence-corrected chi connectivity index (χ0v) is 12.8.